The van der Waals surface area contributed by atoms with Crippen LogP contribution in [0, 0.1) is 13.8 Å². The van der Waals surface area contributed by atoms with Gasteiger partial charge in [0, 0.05) is 0 Å². The number of benzene rings is 4. The number of fused-ring (bicyclic) bond motifs is 2. The average Bonchev–Trinajstić information content (AvgIpc) is 3.37. The van der Waals surface area contributed by atoms with E-state index in [0.717, 1.165) is 12.1 Å². The molecule has 0 atom stereocenters. The number of alkyl halides is 6. The average molecular weight is 623 g/mol. The molecule has 0 N–H and O–H groups in total. The van der Waals surface area contributed by atoms with Gasteiger partial charge in [0.1, 0.15) is 0 Å². The largest absolute Gasteiger partial charge is 0.411 e. The highest BCUT2D eigenvalue weighted by atomic mass is 19.4. The summed E-state index contributed by atoms with van der Waals surface area (Å²) in [5.74, 6) is -3.04. The molecular weight excluding hydrogens is 602 g/mol. The van der Waals surface area contributed by atoms with Crippen LogP contribution in [0.1, 0.15) is 63.7 Å². The van der Waals surface area contributed by atoms with Crippen LogP contribution in [-0.4, -0.2) is 36.0 Å². The fourth-order valence-corrected chi connectivity index (χ4v) is 6.08. The Hall–Kier alpha value is -5.26. The highest BCUT2D eigenvalue weighted by Crippen LogP contribution is 2.57. The highest BCUT2D eigenvalue weighted by Gasteiger charge is 2.72. The molecule has 0 aliphatic carbocycles. The molecule has 0 saturated heterocycles. The lowest BCUT2D eigenvalue weighted by Crippen LogP contribution is -2.55. The van der Waals surface area contributed by atoms with Gasteiger partial charge in [0.2, 0.25) is 5.41 Å². The molecule has 0 spiro atoms. The predicted octanol–water partition coefficient (Wildman–Crippen LogP) is 7.32. The van der Waals surface area contributed by atoms with Crippen LogP contribution in [0.3, 0.4) is 0 Å². The first kappa shape index (κ1) is 29.8. The Kier molecular flexibility index (Phi) is 6.54. The maximum absolute atomic E-state index is 15.0. The van der Waals surface area contributed by atoms with Crippen molar-refractivity contribution < 1.29 is 45.5 Å². The van der Waals surface area contributed by atoms with Gasteiger partial charge >= 0.3 is 12.4 Å². The quantitative estimate of drug-likeness (QED) is 0.177. The molecule has 45 heavy (non-hydrogen) atoms. The summed E-state index contributed by atoms with van der Waals surface area (Å²) in [5, 5.41) is 0. The first-order chi connectivity index (χ1) is 21.1. The number of hydrogen-bond acceptors (Lipinski definition) is 4. The third-order valence-corrected chi connectivity index (χ3v) is 8.18. The lowest BCUT2D eigenvalue weighted by Gasteiger charge is -2.39. The van der Waals surface area contributed by atoms with E-state index in [1.807, 2.05) is 0 Å². The maximum atomic E-state index is 15.0. The van der Waals surface area contributed by atoms with Crippen molar-refractivity contribution in [1.29, 1.82) is 0 Å². The minimum Gasteiger partial charge on any atom is -0.268 e. The minimum absolute atomic E-state index is 0.0551. The van der Waals surface area contributed by atoms with Crippen molar-refractivity contribution in [2.45, 2.75) is 31.6 Å². The van der Waals surface area contributed by atoms with Crippen molar-refractivity contribution in [1.82, 2.24) is 0 Å². The Morgan fingerprint density at radius 3 is 1.00 bits per heavy atom. The van der Waals surface area contributed by atoms with Gasteiger partial charge in [0.05, 0.1) is 33.6 Å². The van der Waals surface area contributed by atoms with Crippen LogP contribution >= 0.6 is 0 Å². The van der Waals surface area contributed by atoms with Gasteiger partial charge in [-0.1, -0.05) is 48.5 Å². The number of amides is 4. The maximum Gasteiger partial charge on any atom is 0.411 e. The van der Waals surface area contributed by atoms with E-state index in [1.165, 1.54) is 62.4 Å². The Bertz CT molecular complexity index is 1750. The molecule has 0 fully saturated rings. The summed E-state index contributed by atoms with van der Waals surface area (Å²) in [6, 6.07) is 15.9. The van der Waals surface area contributed by atoms with Gasteiger partial charge in [-0.15, -0.1) is 0 Å². The topological polar surface area (TPSA) is 74.8 Å². The zero-order chi connectivity index (χ0) is 32.6. The van der Waals surface area contributed by atoms with Crippen LogP contribution in [0.5, 0.6) is 0 Å². The van der Waals surface area contributed by atoms with E-state index in [-0.39, 0.29) is 44.8 Å². The van der Waals surface area contributed by atoms with E-state index in [0.29, 0.717) is 34.1 Å². The first-order valence-corrected chi connectivity index (χ1v) is 13.4. The molecule has 4 aromatic carbocycles. The first-order valence-electron chi connectivity index (χ1n) is 13.4. The lowest BCUT2D eigenvalue weighted by atomic mass is 9.72. The number of halogens is 6. The SMILES string of the molecule is Cc1cc(C(c2ccc(N3C(=O)c4ccccc4C3=O)c(C)c2)(C(F)(F)F)C(F)(F)F)ccc1N1C(=O)c2ccccc2C1=O. The number of imide groups is 2. The number of hydrogen-bond donors (Lipinski definition) is 0. The molecule has 2 aliphatic heterocycles. The van der Waals surface area contributed by atoms with Crippen LogP contribution in [0.4, 0.5) is 37.7 Å². The second kappa shape index (κ2) is 9.88. The standard InChI is InChI=1S/C33H20F6N2O4/c1-17-15-19(11-13-25(17)40-27(42)21-7-3-4-8-22(21)28(40)43)31(32(34,35)36,33(37,38)39)20-12-14-26(18(2)16-20)41-29(44)23-9-5-6-10-24(23)30(41)45/h3-16H,1-2H3. The zero-order valence-corrected chi connectivity index (χ0v) is 23.4. The van der Waals surface area contributed by atoms with Gasteiger partial charge in [-0.3, -0.25) is 19.2 Å². The van der Waals surface area contributed by atoms with Gasteiger partial charge in [-0.25, -0.2) is 9.80 Å². The molecule has 2 aliphatic rings. The van der Waals surface area contributed by atoms with Crippen molar-refractivity contribution in [2.24, 2.45) is 0 Å². The van der Waals surface area contributed by atoms with Crippen LogP contribution in [0.25, 0.3) is 0 Å². The molecule has 2 heterocycles. The van der Waals surface area contributed by atoms with E-state index in [2.05, 4.69) is 0 Å². The van der Waals surface area contributed by atoms with Crippen LogP contribution in [-0.2, 0) is 5.41 Å². The molecular formula is C33H20F6N2O4. The molecule has 6 rings (SSSR count). The smallest absolute Gasteiger partial charge is 0.268 e. The summed E-state index contributed by atoms with van der Waals surface area (Å²) < 4.78 is 89.7. The van der Waals surface area contributed by atoms with E-state index >= 15 is 0 Å². The fourth-order valence-electron chi connectivity index (χ4n) is 6.08. The van der Waals surface area contributed by atoms with E-state index in [4.69, 9.17) is 0 Å². The molecule has 0 bridgehead atoms. The van der Waals surface area contributed by atoms with Crippen molar-refractivity contribution >= 4 is 35.0 Å². The van der Waals surface area contributed by atoms with Crippen molar-refractivity contribution in [2.75, 3.05) is 9.80 Å². The lowest BCUT2D eigenvalue weighted by molar-refractivity contribution is -0.288. The molecule has 0 radical (unpaired) electrons. The molecule has 4 amide bonds. The normalized spacial score (nSPS) is 15.2. The fraction of sp³-hybridized carbons (Fsp3) is 0.152. The van der Waals surface area contributed by atoms with Gasteiger partial charge in [0.15, 0.2) is 0 Å². The number of rotatable bonds is 4. The van der Waals surface area contributed by atoms with Gasteiger partial charge in [-0.2, -0.15) is 26.3 Å². The molecule has 0 unspecified atom stereocenters. The van der Waals surface area contributed by atoms with Crippen molar-refractivity contribution in [3.8, 4) is 0 Å². The van der Waals surface area contributed by atoms with Crippen LogP contribution in [0.15, 0.2) is 84.9 Å². The number of nitrogens with zero attached hydrogens (tertiary/aromatic N) is 2. The summed E-state index contributed by atoms with van der Waals surface area (Å²) in [6.07, 6.45) is -11.9. The van der Waals surface area contributed by atoms with Crippen LogP contribution in [0.2, 0.25) is 0 Å². The Labute approximate surface area is 251 Å². The summed E-state index contributed by atoms with van der Waals surface area (Å²) in [6.45, 7) is 2.41. The second-order valence-electron chi connectivity index (χ2n) is 10.7. The number of carbonyl (C=O) groups is 4. The van der Waals surface area contributed by atoms with E-state index in [9.17, 15) is 45.5 Å². The van der Waals surface area contributed by atoms with Gasteiger partial charge in [0.25, 0.3) is 23.6 Å². The Morgan fingerprint density at radius 1 is 0.467 bits per heavy atom. The monoisotopic (exact) mass is 622 g/mol. The van der Waals surface area contributed by atoms with E-state index < -0.39 is 52.5 Å². The second-order valence-corrected chi connectivity index (χ2v) is 10.7. The molecule has 6 nitrogen and oxygen atoms in total. The van der Waals surface area contributed by atoms with Crippen molar-refractivity contribution in [3.63, 3.8) is 0 Å². The number of aryl methyl sites for hydroxylation is 2. The summed E-state index contributed by atoms with van der Waals surface area (Å²) in [4.78, 5) is 53.3. The number of carbonyl (C=O) groups excluding carboxylic acids is 4. The summed E-state index contributed by atoms with van der Waals surface area (Å²) >= 11 is 0. The Balaban J connectivity index is 1.48. The third-order valence-electron chi connectivity index (χ3n) is 8.18. The predicted molar refractivity (Wildman–Crippen MR) is 150 cm³/mol. The third kappa shape index (κ3) is 4.11. The molecule has 4 aromatic rings. The summed E-state index contributed by atoms with van der Waals surface area (Å²) in [5.41, 5.74) is -7.44. The summed E-state index contributed by atoms with van der Waals surface area (Å²) in [7, 11) is 0. The molecule has 12 heteroatoms. The van der Waals surface area contributed by atoms with Crippen molar-refractivity contribution in [3.05, 3.63) is 129 Å². The van der Waals surface area contributed by atoms with Gasteiger partial charge < -0.3 is 0 Å². The molecule has 228 valence electrons. The minimum atomic E-state index is -5.93. The number of anilines is 2. The van der Waals surface area contributed by atoms with Gasteiger partial charge in [-0.05, 0) is 72.5 Å². The van der Waals surface area contributed by atoms with Crippen LogP contribution < -0.4 is 9.80 Å². The zero-order valence-electron chi connectivity index (χ0n) is 23.4. The molecule has 0 saturated carbocycles. The van der Waals surface area contributed by atoms with E-state index in [1.54, 1.807) is 0 Å². The Morgan fingerprint density at radius 2 is 0.756 bits per heavy atom. The highest BCUT2D eigenvalue weighted by molar-refractivity contribution is 6.35. The molecule has 0 aromatic heterocycles.